The monoisotopic (exact) mass is 183 g/mol. The van der Waals surface area contributed by atoms with Crippen LogP contribution in [0.3, 0.4) is 0 Å². The Morgan fingerprint density at radius 3 is 1.62 bits per heavy atom. The van der Waals surface area contributed by atoms with E-state index in [0.29, 0.717) is 0 Å². The number of nitriles is 1. The molecule has 0 aromatic heterocycles. The SMILES string of the molecule is N#CS.[KH].[O-][Cl+2]([O-])O. The number of hydrogen-bond acceptors (Lipinski definition) is 5. The molecule has 0 aliphatic rings. The maximum Gasteiger partial charge on any atom is 0.282 e. The molecule has 4 nitrogen and oxygen atoms in total. The molecule has 44 valence electrons. The Hall–Kier alpha value is 1.65. The molecule has 0 spiro atoms. The molecule has 0 aliphatic heterocycles. The standard InChI is InChI=1S/CHNS.ClHO3.K.H/c2-1-3;2-1(3)4;;/h3H;2H;;. The van der Waals surface area contributed by atoms with Gasteiger partial charge in [0.1, 0.15) is 5.40 Å². The predicted molar refractivity (Wildman–Crippen MR) is 24.0 cm³/mol. The molecule has 0 saturated heterocycles. The van der Waals surface area contributed by atoms with Crippen LogP contribution in [0.25, 0.3) is 0 Å². The Morgan fingerprint density at radius 2 is 1.62 bits per heavy atom. The Kier molecular flexibility index (Phi) is 32.4. The Bertz CT molecular complexity index is 62.0. The van der Waals surface area contributed by atoms with Crippen LogP contribution in [-0.4, -0.2) is 56.0 Å². The second kappa shape index (κ2) is 15.9. The summed E-state index contributed by atoms with van der Waals surface area (Å²) in [6, 6.07) is 0. The first-order valence-corrected chi connectivity index (χ1v) is 2.33. The normalized spacial score (nSPS) is 5.50. The quantitative estimate of drug-likeness (QED) is 0.235. The summed E-state index contributed by atoms with van der Waals surface area (Å²) < 4.78 is 24.0. The molecule has 0 unspecified atom stereocenters. The number of hydrogen-bond donors (Lipinski definition) is 2. The van der Waals surface area contributed by atoms with Gasteiger partial charge in [0.15, 0.2) is 0 Å². The molecule has 0 fully saturated rings. The van der Waals surface area contributed by atoms with Gasteiger partial charge in [-0.2, -0.15) is 5.26 Å². The van der Waals surface area contributed by atoms with Gasteiger partial charge in [0, 0.05) is 4.66 Å². The van der Waals surface area contributed by atoms with Gasteiger partial charge in [-0.25, -0.2) is 0 Å². The zero-order valence-corrected chi connectivity index (χ0v) is 4.69. The molecular weight excluding hydrogens is 181 g/mol. The van der Waals surface area contributed by atoms with Crippen molar-refractivity contribution in [3.63, 3.8) is 0 Å². The largest absolute Gasteiger partial charge is 0.321 e. The van der Waals surface area contributed by atoms with Crippen molar-refractivity contribution in [2.45, 2.75) is 0 Å². The molecular formula is CH3ClKNO3S. The Morgan fingerprint density at radius 1 is 1.62 bits per heavy atom. The van der Waals surface area contributed by atoms with E-state index in [0.717, 1.165) is 0 Å². The van der Waals surface area contributed by atoms with Gasteiger partial charge in [-0.05, 0) is 0 Å². The number of halogens is 1. The summed E-state index contributed by atoms with van der Waals surface area (Å²) in [5.41, 5.74) is 0. The first-order valence-electron chi connectivity index (χ1n) is 0.925. The van der Waals surface area contributed by atoms with Crippen LogP contribution in [0.4, 0.5) is 0 Å². The van der Waals surface area contributed by atoms with Crippen molar-refractivity contribution in [3.05, 3.63) is 0 Å². The number of thiocyanates is 1. The molecule has 0 aromatic rings. The Labute approximate surface area is 97.7 Å². The summed E-state index contributed by atoms with van der Waals surface area (Å²) in [6.07, 6.45) is 0. The van der Waals surface area contributed by atoms with Crippen molar-refractivity contribution in [2.75, 3.05) is 0 Å². The minimum atomic E-state index is -2.60. The van der Waals surface area contributed by atoms with Crippen LogP contribution in [-0.2, 0) is 0 Å². The van der Waals surface area contributed by atoms with Crippen molar-refractivity contribution < 1.29 is 24.8 Å². The summed E-state index contributed by atoms with van der Waals surface area (Å²) in [6.45, 7) is 0. The Balaban J connectivity index is -0.0000000575. The van der Waals surface area contributed by atoms with Gasteiger partial charge in [-0.15, -0.1) is 0 Å². The zero-order valence-electron chi connectivity index (χ0n) is 3.04. The van der Waals surface area contributed by atoms with Crippen molar-refractivity contribution in [3.8, 4) is 5.40 Å². The average molecular weight is 184 g/mol. The van der Waals surface area contributed by atoms with E-state index in [4.69, 9.17) is 19.2 Å². The summed E-state index contributed by atoms with van der Waals surface area (Å²) in [7, 11) is -2.60. The first-order chi connectivity index (χ1) is 3.15. The topological polar surface area (TPSA) is 90.1 Å². The van der Waals surface area contributed by atoms with Crippen LogP contribution in [0.5, 0.6) is 0 Å². The summed E-state index contributed by atoms with van der Waals surface area (Å²) in [5, 5.41) is 8.63. The molecule has 0 amide bonds. The molecule has 0 aliphatic carbocycles. The van der Waals surface area contributed by atoms with Crippen LogP contribution in [0, 0.1) is 21.4 Å². The minimum Gasteiger partial charge on any atom is -0.321 e. The zero-order chi connectivity index (χ0) is 6.28. The van der Waals surface area contributed by atoms with E-state index >= 15 is 0 Å². The smallest absolute Gasteiger partial charge is 0.282 e. The van der Waals surface area contributed by atoms with E-state index < -0.39 is 10.8 Å². The second-order valence-corrected chi connectivity index (χ2v) is 0.903. The van der Waals surface area contributed by atoms with Crippen LogP contribution in [0.15, 0.2) is 0 Å². The van der Waals surface area contributed by atoms with Gasteiger partial charge in [-0.1, -0.05) is 12.6 Å². The van der Waals surface area contributed by atoms with E-state index in [1.807, 2.05) is 0 Å². The van der Waals surface area contributed by atoms with E-state index in [1.165, 1.54) is 5.40 Å². The molecule has 7 heteroatoms. The van der Waals surface area contributed by atoms with Gasteiger partial charge in [-0.3, -0.25) is 0 Å². The maximum atomic E-state index is 8.52. The van der Waals surface area contributed by atoms with Crippen LogP contribution < -0.4 is 9.32 Å². The number of nitrogens with zero attached hydrogens (tertiary/aromatic N) is 1. The molecule has 1 N–H and O–H groups in total. The molecule has 8 heavy (non-hydrogen) atoms. The van der Waals surface area contributed by atoms with Crippen molar-refractivity contribution >= 4 is 64.0 Å². The fourth-order valence-electron chi connectivity index (χ4n) is 0. The van der Waals surface area contributed by atoms with Crippen molar-refractivity contribution in [2.24, 2.45) is 0 Å². The van der Waals surface area contributed by atoms with Gasteiger partial charge in [0.2, 0.25) is 0 Å². The van der Waals surface area contributed by atoms with Crippen LogP contribution in [0.2, 0.25) is 0 Å². The molecule has 0 saturated carbocycles. The molecule has 0 bridgehead atoms. The average Bonchev–Trinajstić information content (AvgIpc) is 1.33. The number of rotatable bonds is 0. The summed E-state index contributed by atoms with van der Waals surface area (Å²) >= 11 is 3.09. The predicted octanol–water partition coefficient (Wildman–Crippen LogP) is -3.19. The van der Waals surface area contributed by atoms with E-state index in [2.05, 4.69) is 12.6 Å². The summed E-state index contributed by atoms with van der Waals surface area (Å²) in [5.74, 6) is 0. The van der Waals surface area contributed by atoms with Gasteiger partial charge in [0.05, 0.1) is 0 Å². The molecule has 0 heterocycles. The fourth-order valence-corrected chi connectivity index (χ4v) is 0. The van der Waals surface area contributed by atoms with Gasteiger partial charge >= 0.3 is 51.4 Å². The van der Waals surface area contributed by atoms with Gasteiger partial charge < -0.3 is 9.32 Å². The molecule has 0 radical (unpaired) electrons. The first kappa shape index (κ1) is 16.3. The molecule has 0 atom stereocenters. The van der Waals surface area contributed by atoms with E-state index in [9.17, 15) is 0 Å². The second-order valence-electron chi connectivity index (χ2n) is 0.301. The molecule has 0 aromatic carbocycles. The third-order valence-corrected chi connectivity index (χ3v) is 0. The van der Waals surface area contributed by atoms with Crippen molar-refractivity contribution in [1.29, 1.82) is 5.26 Å². The van der Waals surface area contributed by atoms with Gasteiger partial charge in [0.25, 0.3) is 10.8 Å². The minimum absolute atomic E-state index is 0. The summed E-state index contributed by atoms with van der Waals surface area (Å²) in [4.78, 5) is 0. The van der Waals surface area contributed by atoms with E-state index in [1.54, 1.807) is 0 Å². The number of thiol groups is 1. The maximum absolute atomic E-state index is 8.52. The molecule has 0 rings (SSSR count). The third kappa shape index (κ3) is 125. The van der Waals surface area contributed by atoms with Crippen LogP contribution >= 0.6 is 12.6 Å². The third-order valence-electron chi connectivity index (χ3n) is 0. The van der Waals surface area contributed by atoms with Crippen molar-refractivity contribution in [1.82, 2.24) is 0 Å². The van der Waals surface area contributed by atoms with Crippen LogP contribution in [0.1, 0.15) is 0 Å². The van der Waals surface area contributed by atoms with E-state index in [-0.39, 0.29) is 51.4 Å². The fraction of sp³-hybridized carbons (Fsp3) is 0.